The van der Waals surface area contributed by atoms with Crippen LogP contribution in [0.25, 0.3) is 11.0 Å². The van der Waals surface area contributed by atoms with Crippen molar-refractivity contribution in [3.63, 3.8) is 0 Å². The van der Waals surface area contributed by atoms with Crippen LogP contribution in [0.3, 0.4) is 0 Å². The highest BCUT2D eigenvalue weighted by molar-refractivity contribution is 5.97. The zero-order chi connectivity index (χ0) is 15.5. The minimum Gasteiger partial charge on any atom is -0.461 e. The van der Waals surface area contributed by atoms with Gasteiger partial charge >= 0.3 is 0 Å². The lowest BCUT2D eigenvalue weighted by Crippen LogP contribution is -2.22. The first-order valence-electron chi connectivity index (χ1n) is 6.74. The molecule has 0 aliphatic heterocycles. The minimum atomic E-state index is -0.216. The number of nitrogens with zero attached hydrogens (tertiary/aromatic N) is 2. The number of carbonyl (C=O) groups is 1. The van der Waals surface area contributed by atoms with Crippen molar-refractivity contribution in [1.29, 1.82) is 0 Å². The zero-order valence-corrected chi connectivity index (χ0v) is 12.3. The van der Waals surface area contributed by atoms with E-state index >= 15 is 0 Å². The summed E-state index contributed by atoms with van der Waals surface area (Å²) in [5.41, 5.74) is 1.31. The molecule has 7 nitrogen and oxygen atoms in total. The van der Waals surface area contributed by atoms with Crippen molar-refractivity contribution in [3.05, 3.63) is 47.3 Å². The molecule has 0 unspecified atom stereocenters. The molecule has 0 aliphatic rings. The molecule has 0 bridgehead atoms. The summed E-state index contributed by atoms with van der Waals surface area (Å²) in [6.07, 6.45) is 0. The largest absolute Gasteiger partial charge is 0.461 e. The van der Waals surface area contributed by atoms with Gasteiger partial charge in [0.15, 0.2) is 5.82 Å². The van der Waals surface area contributed by atoms with Gasteiger partial charge in [0, 0.05) is 18.1 Å². The Bertz CT molecular complexity index is 806. The third-order valence-electron chi connectivity index (χ3n) is 3.09. The Morgan fingerprint density at radius 2 is 2.23 bits per heavy atom. The number of nitrogens with one attached hydrogen (secondary N) is 1. The third kappa shape index (κ3) is 2.99. The number of hydrogen-bond donors (Lipinski definition) is 1. The number of benzene rings is 1. The average molecular weight is 301 g/mol. The second-order valence-corrected chi connectivity index (χ2v) is 4.83. The molecule has 0 radical (unpaired) electrons. The van der Waals surface area contributed by atoms with Crippen LogP contribution in [-0.4, -0.2) is 23.2 Å². The van der Waals surface area contributed by atoms with Crippen LogP contribution in [0.4, 0.5) is 0 Å². The maximum Gasteiger partial charge on any atom is 0.251 e. The van der Waals surface area contributed by atoms with E-state index < -0.39 is 0 Å². The van der Waals surface area contributed by atoms with Crippen molar-refractivity contribution in [1.82, 2.24) is 15.5 Å². The first-order valence-corrected chi connectivity index (χ1v) is 6.74. The van der Waals surface area contributed by atoms with Crippen LogP contribution < -0.4 is 5.32 Å². The summed E-state index contributed by atoms with van der Waals surface area (Å²) in [5, 5.41) is 7.35. The minimum absolute atomic E-state index is 0.165. The summed E-state index contributed by atoms with van der Waals surface area (Å²) >= 11 is 0. The van der Waals surface area contributed by atoms with E-state index in [1.165, 1.54) is 0 Å². The molecule has 7 heteroatoms. The Kier molecular flexibility index (Phi) is 3.88. The highest BCUT2D eigenvalue weighted by Crippen LogP contribution is 2.20. The summed E-state index contributed by atoms with van der Waals surface area (Å²) in [6.45, 7) is 2.30. The van der Waals surface area contributed by atoms with Crippen molar-refractivity contribution >= 4 is 16.9 Å². The third-order valence-corrected chi connectivity index (χ3v) is 3.09. The molecular weight excluding hydrogens is 286 g/mol. The molecule has 22 heavy (non-hydrogen) atoms. The summed E-state index contributed by atoms with van der Waals surface area (Å²) < 4.78 is 15.4. The van der Waals surface area contributed by atoms with E-state index in [9.17, 15) is 4.79 Å². The summed E-state index contributed by atoms with van der Waals surface area (Å²) in [7, 11) is 1.55. The predicted molar refractivity (Wildman–Crippen MR) is 77.1 cm³/mol. The van der Waals surface area contributed by atoms with Crippen molar-refractivity contribution in [2.24, 2.45) is 0 Å². The molecule has 0 atom stereocenters. The standard InChI is InChI=1S/C15H15N3O4/c1-9-5-11-6-10(3-4-12(11)21-9)15(19)16-7-14-17-13(8-20-2)18-22-14/h3-6H,7-8H2,1-2H3,(H,16,19). The molecule has 3 rings (SSSR count). The summed E-state index contributed by atoms with van der Waals surface area (Å²) in [5.74, 6) is 1.37. The van der Waals surface area contributed by atoms with Gasteiger partial charge in [-0.25, -0.2) is 0 Å². The Morgan fingerprint density at radius 1 is 1.36 bits per heavy atom. The number of methoxy groups -OCH3 is 1. The Hall–Kier alpha value is -2.67. The number of hydrogen-bond acceptors (Lipinski definition) is 6. The molecule has 1 amide bonds. The quantitative estimate of drug-likeness (QED) is 0.777. The van der Waals surface area contributed by atoms with E-state index in [4.69, 9.17) is 13.7 Å². The van der Waals surface area contributed by atoms with E-state index in [1.54, 1.807) is 25.3 Å². The number of fused-ring (bicyclic) bond motifs is 1. The fourth-order valence-electron chi connectivity index (χ4n) is 2.12. The van der Waals surface area contributed by atoms with E-state index in [2.05, 4.69) is 15.5 Å². The first kappa shape index (κ1) is 14.3. The van der Waals surface area contributed by atoms with Gasteiger partial charge in [0.25, 0.3) is 5.91 Å². The number of ether oxygens (including phenoxy) is 1. The lowest BCUT2D eigenvalue weighted by Gasteiger charge is -2.02. The van der Waals surface area contributed by atoms with Gasteiger partial charge in [-0.2, -0.15) is 4.98 Å². The van der Waals surface area contributed by atoms with E-state index in [-0.39, 0.29) is 19.1 Å². The van der Waals surface area contributed by atoms with E-state index in [1.807, 2.05) is 13.0 Å². The Morgan fingerprint density at radius 3 is 3.05 bits per heavy atom. The topological polar surface area (TPSA) is 90.4 Å². The zero-order valence-electron chi connectivity index (χ0n) is 12.3. The lowest BCUT2D eigenvalue weighted by atomic mass is 10.1. The normalized spacial score (nSPS) is 11.0. The van der Waals surface area contributed by atoms with E-state index in [0.29, 0.717) is 17.3 Å². The molecule has 114 valence electrons. The maximum atomic E-state index is 12.1. The fraction of sp³-hybridized carbons (Fsp3) is 0.267. The maximum absolute atomic E-state index is 12.1. The number of aromatic nitrogens is 2. The van der Waals surface area contributed by atoms with Crippen LogP contribution in [-0.2, 0) is 17.9 Å². The highest BCUT2D eigenvalue weighted by atomic mass is 16.5. The number of aryl methyl sites for hydroxylation is 1. The Balaban J connectivity index is 1.67. The van der Waals surface area contributed by atoms with Crippen molar-refractivity contribution in [2.45, 2.75) is 20.1 Å². The van der Waals surface area contributed by atoms with Gasteiger partial charge in [0.2, 0.25) is 5.89 Å². The van der Waals surface area contributed by atoms with Crippen LogP contribution >= 0.6 is 0 Å². The van der Waals surface area contributed by atoms with Crippen LogP contribution in [0, 0.1) is 6.92 Å². The first-order chi connectivity index (χ1) is 10.7. The van der Waals surface area contributed by atoms with Crippen LogP contribution in [0.15, 0.2) is 33.2 Å². The highest BCUT2D eigenvalue weighted by Gasteiger charge is 2.11. The molecular formula is C15H15N3O4. The number of carbonyl (C=O) groups excluding carboxylic acids is 1. The van der Waals surface area contributed by atoms with Gasteiger partial charge < -0.3 is 19.0 Å². The fourth-order valence-corrected chi connectivity index (χ4v) is 2.12. The lowest BCUT2D eigenvalue weighted by molar-refractivity contribution is 0.0946. The SMILES string of the molecule is COCc1noc(CNC(=O)c2ccc3oc(C)cc3c2)n1. The van der Waals surface area contributed by atoms with Gasteiger partial charge in [0.05, 0.1) is 6.54 Å². The number of amides is 1. The Labute approximate surface area is 126 Å². The predicted octanol–water partition coefficient (Wildman–Crippen LogP) is 2.20. The smallest absolute Gasteiger partial charge is 0.251 e. The molecule has 0 aliphatic carbocycles. The van der Waals surface area contributed by atoms with Gasteiger partial charge in [-0.3, -0.25) is 4.79 Å². The molecule has 0 saturated heterocycles. The van der Waals surface area contributed by atoms with Crippen molar-refractivity contribution in [3.8, 4) is 0 Å². The molecule has 0 fully saturated rings. The monoisotopic (exact) mass is 301 g/mol. The van der Waals surface area contributed by atoms with Gasteiger partial charge in [-0.15, -0.1) is 0 Å². The average Bonchev–Trinajstić information content (AvgIpc) is 3.09. The summed E-state index contributed by atoms with van der Waals surface area (Å²) in [4.78, 5) is 16.2. The molecule has 2 heterocycles. The van der Waals surface area contributed by atoms with Gasteiger partial charge in [-0.1, -0.05) is 5.16 Å². The van der Waals surface area contributed by atoms with Gasteiger partial charge in [0.1, 0.15) is 18.0 Å². The number of furan rings is 1. The van der Waals surface area contributed by atoms with Crippen LogP contribution in [0.5, 0.6) is 0 Å². The number of rotatable bonds is 5. The van der Waals surface area contributed by atoms with Crippen LogP contribution in [0.2, 0.25) is 0 Å². The molecule has 1 aromatic carbocycles. The molecule has 1 N–H and O–H groups in total. The molecule has 0 spiro atoms. The molecule has 3 aromatic rings. The second kappa shape index (κ2) is 5.98. The van der Waals surface area contributed by atoms with Crippen LogP contribution in [0.1, 0.15) is 27.8 Å². The van der Waals surface area contributed by atoms with Gasteiger partial charge in [-0.05, 0) is 31.2 Å². The van der Waals surface area contributed by atoms with Crippen molar-refractivity contribution < 1.29 is 18.5 Å². The van der Waals surface area contributed by atoms with E-state index in [0.717, 1.165) is 16.7 Å². The van der Waals surface area contributed by atoms with Crippen molar-refractivity contribution in [2.75, 3.05) is 7.11 Å². The second-order valence-electron chi connectivity index (χ2n) is 4.83. The molecule has 0 saturated carbocycles. The molecule has 2 aromatic heterocycles. The summed E-state index contributed by atoms with van der Waals surface area (Å²) in [6, 6.07) is 7.16.